The molecule has 0 bridgehead atoms. The molecule has 0 aliphatic carbocycles. The van der Waals surface area contributed by atoms with E-state index in [1.807, 2.05) is 39.6 Å². The van der Waals surface area contributed by atoms with E-state index in [0.29, 0.717) is 0 Å². The molecule has 1 amide bonds. The number of likely N-dealkylation sites (N-methyl/N-ethyl adjacent to an activating group) is 1. The van der Waals surface area contributed by atoms with Gasteiger partial charge in [-0.05, 0) is 45.2 Å². The Bertz CT molecular complexity index is 511. The van der Waals surface area contributed by atoms with Crippen molar-refractivity contribution >= 4 is 23.3 Å². The summed E-state index contributed by atoms with van der Waals surface area (Å²) < 4.78 is 0. The average molecular weight is 313 g/mol. The zero-order valence-corrected chi connectivity index (χ0v) is 14.5. The number of aromatic nitrogens is 2. The van der Waals surface area contributed by atoms with E-state index in [0.717, 1.165) is 29.9 Å². The van der Waals surface area contributed by atoms with Gasteiger partial charge in [-0.1, -0.05) is 13.8 Å². The van der Waals surface area contributed by atoms with Crippen LogP contribution in [0.5, 0.6) is 0 Å². The largest absolute Gasteiger partial charge is 0.350 e. The number of amides is 1. The molecule has 21 heavy (non-hydrogen) atoms. The minimum absolute atomic E-state index is 0.0418. The highest BCUT2D eigenvalue weighted by atomic mass is 35.5. The zero-order valence-electron chi connectivity index (χ0n) is 13.7. The van der Waals surface area contributed by atoms with E-state index in [4.69, 9.17) is 11.6 Å². The number of hydrogen-bond acceptors (Lipinski definition) is 4. The van der Waals surface area contributed by atoms with Crippen molar-refractivity contribution in [3.63, 3.8) is 0 Å². The van der Waals surface area contributed by atoms with Crippen molar-refractivity contribution in [2.75, 3.05) is 18.5 Å². The number of aryl methyl sites for hydroxylation is 1. The molecule has 0 aliphatic rings. The average Bonchev–Trinajstić information content (AvgIpc) is 2.34. The summed E-state index contributed by atoms with van der Waals surface area (Å²) in [6.07, 6.45) is 1.60. The van der Waals surface area contributed by atoms with Gasteiger partial charge < -0.3 is 10.2 Å². The summed E-state index contributed by atoms with van der Waals surface area (Å²) in [4.78, 5) is 22.5. The summed E-state index contributed by atoms with van der Waals surface area (Å²) in [5.74, 6) is 0.693. The Morgan fingerprint density at radius 3 is 2.33 bits per heavy atom. The van der Waals surface area contributed by atoms with E-state index in [1.54, 1.807) is 0 Å². The molecule has 6 heteroatoms. The minimum Gasteiger partial charge on any atom is -0.350 e. The van der Waals surface area contributed by atoms with E-state index in [9.17, 15) is 4.79 Å². The molecule has 0 atom stereocenters. The molecule has 1 heterocycles. The van der Waals surface area contributed by atoms with Gasteiger partial charge in [-0.2, -0.15) is 0 Å². The minimum atomic E-state index is -0.247. The molecule has 5 nitrogen and oxygen atoms in total. The lowest BCUT2D eigenvalue weighted by atomic mass is 10.1. The summed E-state index contributed by atoms with van der Waals surface area (Å²) in [7, 11) is 1.85. The number of hydrogen-bond donors (Lipinski definition) is 1. The summed E-state index contributed by atoms with van der Waals surface area (Å²) in [6, 6.07) is 0. The van der Waals surface area contributed by atoms with E-state index in [1.165, 1.54) is 0 Å². The van der Waals surface area contributed by atoms with Gasteiger partial charge in [-0.3, -0.25) is 4.79 Å². The molecule has 118 valence electrons. The predicted octanol–water partition coefficient (Wildman–Crippen LogP) is 2.61. The number of halogens is 1. The Morgan fingerprint density at radius 2 is 1.86 bits per heavy atom. The summed E-state index contributed by atoms with van der Waals surface area (Å²) in [5.41, 5.74) is 1.74. The van der Waals surface area contributed by atoms with Gasteiger partial charge in [-0.25, -0.2) is 9.97 Å². The van der Waals surface area contributed by atoms with Crippen LogP contribution in [0.2, 0.25) is 5.28 Å². The molecule has 0 spiro atoms. The maximum atomic E-state index is 12.1. The standard InChI is InChI=1S/C15H25ClN4O/c1-7-10-11(8-2)17-14(16)18-13(10)20(6)9-12(21)19-15(3,4)5/h7-9H2,1-6H3,(H,19,21). The molecule has 0 fully saturated rings. The lowest BCUT2D eigenvalue weighted by Gasteiger charge is -2.25. The summed E-state index contributed by atoms with van der Waals surface area (Å²) in [6.45, 7) is 10.2. The van der Waals surface area contributed by atoms with Crippen LogP contribution in [0, 0.1) is 0 Å². The van der Waals surface area contributed by atoms with Crippen LogP contribution < -0.4 is 10.2 Å². The Kier molecular flexibility index (Phi) is 5.96. The second-order valence-corrected chi connectivity index (χ2v) is 6.44. The van der Waals surface area contributed by atoms with Gasteiger partial charge >= 0.3 is 0 Å². The predicted molar refractivity (Wildman–Crippen MR) is 87.0 cm³/mol. The molecule has 1 aromatic heterocycles. The van der Waals surface area contributed by atoms with Gasteiger partial charge in [-0.15, -0.1) is 0 Å². The van der Waals surface area contributed by atoms with Gasteiger partial charge in [0.2, 0.25) is 11.2 Å². The highest BCUT2D eigenvalue weighted by Crippen LogP contribution is 2.23. The molecule has 0 aromatic carbocycles. The SMILES string of the molecule is CCc1nc(Cl)nc(N(C)CC(=O)NC(C)(C)C)c1CC. The number of nitrogens with zero attached hydrogens (tertiary/aromatic N) is 3. The van der Waals surface area contributed by atoms with Gasteiger partial charge in [0.15, 0.2) is 0 Å². The van der Waals surface area contributed by atoms with E-state index < -0.39 is 0 Å². The van der Waals surface area contributed by atoms with Crippen molar-refractivity contribution in [2.45, 2.75) is 53.0 Å². The highest BCUT2D eigenvalue weighted by Gasteiger charge is 2.19. The van der Waals surface area contributed by atoms with E-state index in [2.05, 4.69) is 22.2 Å². The van der Waals surface area contributed by atoms with Crippen molar-refractivity contribution < 1.29 is 4.79 Å². The Morgan fingerprint density at radius 1 is 1.24 bits per heavy atom. The molecule has 0 aliphatic heterocycles. The summed E-state index contributed by atoms with van der Waals surface area (Å²) in [5, 5.41) is 3.17. The van der Waals surface area contributed by atoms with Crippen LogP contribution in [0.15, 0.2) is 0 Å². The third-order valence-electron chi connectivity index (χ3n) is 2.99. The van der Waals surface area contributed by atoms with Crippen LogP contribution in [0.1, 0.15) is 45.9 Å². The second-order valence-electron chi connectivity index (χ2n) is 6.10. The first-order valence-corrected chi connectivity index (χ1v) is 7.63. The Balaban J connectivity index is 2.99. The number of rotatable bonds is 5. The fourth-order valence-electron chi connectivity index (χ4n) is 2.21. The smallest absolute Gasteiger partial charge is 0.239 e. The van der Waals surface area contributed by atoms with Gasteiger partial charge in [0, 0.05) is 18.2 Å². The molecular formula is C15H25ClN4O. The van der Waals surface area contributed by atoms with Gasteiger partial charge in [0.05, 0.1) is 12.2 Å². The molecule has 1 rings (SSSR count). The molecule has 1 aromatic rings. The van der Waals surface area contributed by atoms with E-state index in [-0.39, 0.29) is 23.3 Å². The van der Waals surface area contributed by atoms with Crippen LogP contribution in [-0.2, 0) is 17.6 Å². The lowest BCUT2D eigenvalue weighted by molar-refractivity contribution is -0.121. The monoisotopic (exact) mass is 312 g/mol. The maximum absolute atomic E-state index is 12.1. The van der Waals surface area contributed by atoms with Crippen LogP contribution in [0.4, 0.5) is 5.82 Å². The quantitative estimate of drug-likeness (QED) is 0.849. The molecule has 0 unspecified atom stereocenters. The van der Waals surface area contributed by atoms with Crippen molar-refractivity contribution in [1.29, 1.82) is 0 Å². The third-order valence-corrected chi connectivity index (χ3v) is 3.16. The Hall–Kier alpha value is -1.36. The molecular weight excluding hydrogens is 288 g/mol. The van der Waals surface area contributed by atoms with Crippen molar-refractivity contribution in [3.8, 4) is 0 Å². The first-order chi connectivity index (χ1) is 9.67. The highest BCUT2D eigenvalue weighted by molar-refractivity contribution is 6.28. The molecule has 0 saturated carbocycles. The third kappa shape index (κ3) is 5.16. The lowest BCUT2D eigenvalue weighted by Crippen LogP contribution is -2.45. The fraction of sp³-hybridized carbons (Fsp3) is 0.667. The van der Waals surface area contributed by atoms with E-state index >= 15 is 0 Å². The maximum Gasteiger partial charge on any atom is 0.239 e. The zero-order chi connectivity index (χ0) is 16.2. The first-order valence-electron chi connectivity index (χ1n) is 7.25. The van der Waals surface area contributed by atoms with Crippen molar-refractivity contribution in [2.24, 2.45) is 0 Å². The topological polar surface area (TPSA) is 58.1 Å². The Labute approximate surface area is 132 Å². The van der Waals surface area contributed by atoms with Crippen molar-refractivity contribution in [3.05, 3.63) is 16.5 Å². The fourth-order valence-corrected chi connectivity index (χ4v) is 2.39. The summed E-state index contributed by atoms with van der Waals surface area (Å²) >= 11 is 6.00. The van der Waals surface area contributed by atoms with Gasteiger partial charge in [0.1, 0.15) is 5.82 Å². The first kappa shape index (κ1) is 17.7. The normalized spacial score (nSPS) is 11.4. The second kappa shape index (κ2) is 7.07. The molecule has 0 radical (unpaired) electrons. The molecule has 1 N–H and O–H groups in total. The molecule has 0 saturated heterocycles. The number of anilines is 1. The van der Waals surface area contributed by atoms with Crippen molar-refractivity contribution in [1.82, 2.24) is 15.3 Å². The number of carbonyl (C=O) groups excluding carboxylic acids is 1. The van der Waals surface area contributed by atoms with Crippen LogP contribution in [0.3, 0.4) is 0 Å². The van der Waals surface area contributed by atoms with Gasteiger partial charge in [0.25, 0.3) is 0 Å². The number of carbonyl (C=O) groups is 1. The van der Waals surface area contributed by atoms with Crippen LogP contribution in [-0.4, -0.2) is 35.0 Å². The van der Waals surface area contributed by atoms with Crippen LogP contribution >= 0.6 is 11.6 Å². The van der Waals surface area contributed by atoms with Crippen LogP contribution in [0.25, 0.3) is 0 Å². The number of nitrogens with one attached hydrogen (secondary N) is 1.